The zero-order valence-corrected chi connectivity index (χ0v) is 52.0. The van der Waals surface area contributed by atoms with Crippen molar-refractivity contribution < 1.29 is 49.3 Å². The Hall–Kier alpha value is -4.46. The molecular weight excluding hydrogens is 1040 g/mol. The first-order chi connectivity index (χ1) is 40.7. The van der Waals surface area contributed by atoms with E-state index in [9.17, 15) is 35.1 Å². The number of unbranched alkanes of at least 4 members (excludes halogenated alkanes) is 17. The zero-order chi connectivity index (χ0) is 60.3. The second-order valence-corrected chi connectivity index (χ2v) is 21.7. The van der Waals surface area contributed by atoms with E-state index in [0.717, 1.165) is 135 Å². The van der Waals surface area contributed by atoms with E-state index in [1.165, 1.54) is 51.4 Å². The average molecular weight is 1160 g/mol. The van der Waals surface area contributed by atoms with Crippen LogP contribution in [0.2, 0.25) is 0 Å². The van der Waals surface area contributed by atoms with Gasteiger partial charge >= 0.3 is 5.97 Å². The van der Waals surface area contributed by atoms with E-state index in [1.54, 1.807) is 6.08 Å². The van der Waals surface area contributed by atoms with Crippen LogP contribution in [0.15, 0.2) is 146 Å². The van der Waals surface area contributed by atoms with Gasteiger partial charge in [-0.3, -0.25) is 9.59 Å². The predicted molar refractivity (Wildman–Crippen MR) is 347 cm³/mol. The standard InChI is InChI=1S/C72H117NO10/c1-4-7-10-13-16-19-22-25-27-29-31-32-33-34-35-37-39-42-45-48-51-54-57-60-67(77)83-70-69(79)68(78)66(61-74)82-72(70)81-62-63(64(75)58-55-52-49-46-43-40-24-21-18-15-12-9-6-3)73-71(80)65(76)59-56-53-50-47-44-41-38-36-30-28-26-23-20-17-14-11-8-5-2/h7-8,10-11,16-17,19-20,25-28,31-32,34-36,38-39,42,44,47,55,58,63-66,68-70,72,74-76,78-79H,4-6,9,12-15,18,21-24,29-30,33,37,40-41,43,45-46,48-54,56-57,59-62H2,1-3H3,(H,73,80)/b10-7-,11-8-,19-16-,20-17-,27-25-,28-26-,32-31-,35-34-,38-36-,42-39-,47-44-,58-55+. The fourth-order valence-corrected chi connectivity index (χ4v) is 9.15. The molecule has 0 aromatic heterocycles. The molecule has 0 saturated carbocycles. The van der Waals surface area contributed by atoms with Gasteiger partial charge in [-0.2, -0.15) is 0 Å². The van der Waals surface area contributed by atoms with Crippen molar-refractivity contribution in [3.05, 3.63) is 146 Å². The molecule has 8 unspecified atom stereocenters. The highest BCUT2D eigenvalue weighted by molar-refractivity contribution is 5.80. The maximum absolute atomic E-state index is 13.4. The van der Waals surface area contributed by atoms with E-state index in [4.69, 9.17) is 14.2 Å². The second kappa shape index (κ2) is 57.9. The minimum Gasteiger partial charge on any atom is -0.454 e. The molecule has 1 amide bonds. The van der Waals surface area contributed by atoms with Crippen molar-refractivity contribution in [1.82, 2.24) is 5.32 Å². The van der Waals surface area contributed by atoms with E-state index in [1.807, 2.05) is 6.08 Å². The van der Waals surface area contributed by atoms with E-state index in [0.29, 0.717) is 12.8 Å². The summed E-state index contributed by atoms with van der Waals surface area (Å²) in [6.45, 7) is 5.52. The summed E-state index contributed by atoms with van der Waals surface area (Å²) in [6.07, 6.45) is 73.0. The molecule has 1 aliphatic heterocycles. The number of nitrogens with one attached hydrogen (secondary N) is 1. The Labute approximate surface area is 505 Å². The summed E-state index contributed by atoms with van der Waals surface area (Å²) < 4.78 is 17.6. The van der Waals surface area contributed by atoms with Crippen molar-refractivity contribution >= 4 is 11.9 Å². The Morgan fingerprint density at radius 1 is 0.482 bits per heavy atom. The normalized spacial score (nSPS) is 19.5. The molecule has 1 fully saturated rings. The molecule has 0 radical (unpaired) electrons. The lowest BCUT2D eigenvalue weighted by Gasteiger charge is -2.41. The zero-order valence-electron chi connectivity index (χ0n) is 52.0. The number of aliphatic hydroxyl groups is 5. The topological polar surface area (TPSA) is 175 Å². The molecule has 0 aromatic carbocycles. The van der Waals surface area contributed by atoms with Crippen molar-refractivity contribution in [3.8, 4) is 0 Å². The Bertz CT molecular complexity index is 1910. The van der Waals surface area contributed by atoms with Crippen LogP contribution in [0.4, 0.5) is 0 Å². The largest absolute Gasteiger partial charge is 0.454 e. The van der Waals surface area contributed by atoms with Crippen LogP contribution in [-0.2, 0) is 23.8 Å². The number of amides is 1. The van der Waals surface area contributed by atoms with E-state index in [-0.39, 0.29) is 19.4 Å². The molecule has 8 atom stereocenters. The monoisotopic (exact) mass is 1160 g/mol. The van der Waals surface area contributed by atoms with Gasteiger partial charge in [0, 0.05) is 6.42 Å². The van der Waals surface area contributed by atoms with Crippen molar-refractivity contribution in [2.75, 3.05) is 13.2 Å². The first-order valence-electron chi connectivity index (χ1n) is 32.6. The minimum absolute atomic E-state index is 0.0803. The van der Waals surface area contributed by atoms with Gasteiger partial charge in [0.25, 0.3) is 0 Å². The summed E-state index contributed by atoms with van der Waals surface area (Å²) in [5, 5.41) is 57.1. The van der Waals surface area contributed by atoms with E-state index in [2.05, 4.69) is 160 Å². The van der Waals surface area contributed by atoms with Gasteiger partial charge in [0.1, 0.15) is 24.4 Å². The molecule has 0 aromatic rings. The van der Waals surface area contributed by atoms with Crippen LogP contribution in [0.5, 0.6) is 0 Å². The third-order valence-corrected chi connectivity index (χ3v) is 14.2. The Morgan fingerprint density at radius 2 is 0.867 bits per heavy atom. The van der Waals surface area contributed by atoms with Crippen molar-refractivity contribution in [3.63, 3.8) is 0 Å². The van der Waals surface area contributed by atoms with Crippen LogP contribution in [0.25, 0.3) is 0 Å². The molecule has 1 aliphatic rings. The predicted octanol–water partition coefficient (Wildman–Crippen LogP) is 16.2. The maximum atomic E-state index is 13.4. The van der Waals surface area contributed by atoms with Crippen molar-refractivity contribution in [2.24, 2.45) is 0 Å². The number of allylic oxidation sites excluding steroid dienone is 23. The van der Waals surface area contributed by atoms with Crippen LogP contribution in [-0.4, -0.2) is 99.6 Å². The number of hydrogen-bond acceptors (Lipinski definition) is 10. The van der Waals surface area contributed by atoms with Crippen LogP contribution in [0, 0.1) is 0 Å². The highest BCUT2D eigenvalue weighted by Crippen LogP contribution is 2.26. The molecule has 6 N–H and O–H groups in total. The first-order valence-corrected chi connectivity index (χ1v) is 32.6. The minimum atomic E-state index is -1.64. The number of esters is 1. The lowest BCUT2D eigenvalue weighted by molar-refractivity contribution is -0.305. The molecule has 470 valence electrons. The van der Waals surface area contributed by atoms with Crippen molar-refractivity contribution in [1.29, 1.82) is 0 Å². The van der Waals surface area contributed by atoms with Gasteiger partial charge in [-0.1, -0.05) is 250 Å². The van der Waals surface area contributed by atoms with Gasteiger partial charge in [-0.25, -0.2) is 0 Å². The molecule has 1 saturated heterocycles. The summed E-state index contributed by atoms with van der Waals surface area (Å²) in [5.74, 6) is -1.27. The highest BCUT2D eigenvalue weighted by Gasteiger charge is 2.47. The summed E-state index contributed by atoms with van der Waals surface area (Å²) in [4.78, 5) is 26.6. The van der Waals surface area contributed by atoms with Crippen LogP contribution in [0.3, 0.4) is 0 Å². The first kappa shape index (κ1) is 76.6. The van der Waals surface area contributed by atoms with Crippen LogP contribution in [0.1, 0.15) is 233 Å². The van der Waals surface area contributed by atoms with E-state index < -0.39 is 67.4 Å². The summed E-state index contributed by atoms with van der Waals surface area (Å²) in [7, 11) is 0. The van der Waals surface area contributed by atoms with Gasteiger partial charge in [-0.15, -0.1) is 0 Å². The number of carbonyl (C=O) groups is 2. The molecular formula is C72H117NO10. The number of ether oxygens (including phenoxy) is 3. The molecule has 0 bridgehead atoms. The number of rotatable bonds is 53. The summed E-state index contributed by atoms with van der Waals surface area (Å²) in [6, 6.07) is -1.06. The summed E-state index contributed by atoms with van der Waals surface area (Å²) >= 11 is 0. The molecule has 11 nitrogen and oxygen atoms in total. The fourth-order valence-electron chi connectivity index (χ4n) is 9.15. The SMILES string of the molecule is CC/C=C\C/C=C\C/C=C\C/C=C\C/C=C\C/C=C\CCCCCCC(=O)OC1C(OCC(NC(=O)C(O)CCCC/C=C\C/C=C\C/C=C\C/C=C\C/C=C\CC)C(O)/C=C/CCCCCCCCCCCCC)OC(CO)C(O)C1O. The summed E-state index contributed by atoms with van der Waals surface area (Å²) in [5.41, 5.74) is 0. The molecule has 11 heteroatoms. The molecule has 0 spiro atoms. The smallest absolute Gasteiger partial charge is 0.306 e. The number of carbonyl (C=O) groups excluding carboxylic acids is 2. The third kappa shape index (κ3) is 45.6. The molecule has 1 heterocycles. The van der Waals surface area contributed by atoms with Crippen LogP contribution < -0.4 is 5.32 Å². The molecule has 83 heavy (non-hydrogen) atoms. The molecule has 0 aliphatic carbocycles. The van der Waals surface area contributed by atoms with Gasteiger partial charge in [0.2, 0.25) is 5.91 Å². The van der Waals surface area contributed by atoms with Crippen molar-refractivity contribution in [2.45, 2.75) is 282 Å². The average Bonchev–Trinajstić information content (AvgIpc) is 3.50. The lowest BCUT2D eigenvalue weighted by atomic mass is 9.99. The van der Waals surface area contributed by atoms with Gasteiger partial charge in [-0.05, 0) is 122 Å². The van der Waals surface area contributed by atoms with Crippen LogP contribution >= 0.6 is 0 Å². The highest BCUT2D eigenvalue weighted by atomic mass is 16.7. The Balaban J connectivity index is 2.71. The fraction of sp³-hybridized carbons (Fsp3) is 0.639. The molecule has 1 rings (SSSR count). The maximum Gasteiger partial charge on any atom is 0.306 e. The lowest BCUT2D eigenvalue weighted by Crippen LogP contribution is -2.61. The third-order valence-electron chi connectivity index (χ3n) is 14.2. The number of aliphatic hydroxyl groups excluding tert-OH is 5. The van der Waals surface area contributed by atoms with Gasteiger partial charge in [0.15, 0.2) is 12.4 Å². The second-order valence-electron chi connectivity index (χ2n) is 21.7. The number of hydrogen-bond donors (Lipinski definition) is 6. The Kier molecular flexibility index (Phi) is 53.4. The van der Waals surface area contributed by atoms with Gasteiger partial charge < -0.3 is 45.1 Å². The Morgan fingerprint density at radius 3 is 1.30 bits per heavy atom. The van der Waals surface area contributed by atoms with E-state index >= 15 is 0 Å². The van der Waals surface area contributed by atoms with Gasteiger partial charge in [0.05, 0.1) is 25.4 Å². The quantitative estimate of drug-likeness (QED) is 0.0195.